The Morgan fingerprint density at radius 3 is 2.80 bits per heavy atom. The summed E-state index contributed by atoms with van der Waals surface area (Å²) < 4.78 is 11.4. The van der Waals surface area contributed by atoms with Gasteiger partial charge in [0, 0.05) is 22.1 Å². The van der Waals surface area contributed by atoms with Gasteiger partial charge in [0.15, 0.2) is 0 Å². The molecule has 1 aromatic heterocycles. The second-order valence-electron chi connectivity index (χ2n) is 3.67. The summed E-state index contributed by atoms with van der Waals surface area (Å²) in [6, 6.07) is 7.46. The van der Waals surface area contributed by atoms with Crippen LogP contribution in [0.25, 0.3) is 6.08 Å². The van der Waals surface area contributed by atoms with Gasteiger partial charge in [0.1, 0.15) is 24.0 Å². The average Bonchev–Trinajstić information content (AvgIpc) is 2.96. The van der Waals surface area contributed by atoms with Crippen LogP contribution in [0.2, 0.25) is 0 Å². The highest BCUT2D eigenvalue weighted by Crippen LogP contribution is 2.15. The Morgan fingerprint density at radius 2 is 2.10 bits per heavy atom. The number of hydrogen-bond donors (Lipinski definition) is 0. The lowest BCUT2D eigenvalue weighted by Gasteiger charge is -2.06. The summed E-state index contributed by atoms with van der Waals surface area (Å²) in [6.07, 6.45) is 4.67. The molecule has 6 heteroatoms. The van der Waals surface area contributed by atoms with Crippen LogP contribution in [-0.4, -0.2) is 24.2 Å². The van der Waals surface area contributed by atoms with Crippen LogP contribution in [0.3, 0.4) is 0 Å². The first kappa shape index (κ1) is 14.7. The Morgan fingerprint density at radius 1 is 1.30 bits per heavy atom. The topological polar surface area (TPSA) is 48.4 Å². The number of esters is 1. The van der Waals surface area contributed by atoms with E-state index >= 15 is 0 Å². The van der Waals surface area contributed by atoms with Gasteiger partial charge in [-0.15, -0.1) is 11.3 Å². The van der Waals surface area contributed by atoms with E-state index in [9.17, 15) is 4.79 Å². The number of carbonyl (C=O) groups excluding carboxylic acids is 1. The number of thiazole rings is 1. The van der Waals surface area contributed by atoms with Crippen LogP contribution in [0.5, 0.6) is 5.75 Å². The lowest BCUT2D eigenvalue weighted by molar-refractivity contribution is -0.138. The smallest absolute Gasteiger partial charge is 0.330 e. The molecule has 0 radical (unpaired) electrons. The number of aromatic nitrogens is 1. The lowest BCUT2D eigenvalue weighted by Crippen LogP contribution is -2.10. The molecule has 0 atom stereocenters. The predicted octanol–water partition coefficient (Wildman–Crippen LogP) is 3.54. The van der Waals surface area contributed by atoms with Crippen molar-refractivity contribution in [3.05, 3.63) is 51.4 Å². The van der Waals surface area contributed by atoms with Crippen molar-refractivity contribution < 1.29 is 14.3 Å². The average molecular weight is 354 g/mol. The normalized spacial score (nSPS) is 10.7. The number of hydrogen-bond acceptors (Lipinski definition) is 5. The van der Waals surface area contributed by atoms with Crippen LogP contribution >= 0.6 is 27.3 Å². The molecule has 0 fully saturated rings. The molecule has 2 aromatic rings. The summed E-state index contributed by atoms with van der Waals surface area (Å²) in [7, 11) is 0. The second-order valence-corrected chi connectivity index (χ2v) is 5.52. The molecular weight excluding hydrogens is 342 g/mol. The zero-order valence-electron chi connectivity index (χ0n) is 10.5. The molecule has 0 N–H and O–H groups in total. The summed E-state index contributed by atoms with van der Waals surface area (Å²) in [5.41, 5.74) is 0. The van der Waals surface area contributed by atoms with Crippen molar-refractivity contribution in [2.75, 3.05) is 13.2 Å². The van der Waals surface area contributed by atoms with Gasteiger partial charge in [-0.3, -0.25) is 0 Å². The molecule has 2 rings (SSSR count). The molecule has 0 saturated carbocycles. The van der Waals surface area contributed by atoms with Crippen molar-refractivity contribution in [2.24, 2.45) is 0 Å². The van der Waals surface area contributed by atoms with Crippen LogP contribution in [0.4, 0.5) is 0 Å². The molecule has 1 heterocycles. The SMILES string of the molecule is O=C(/C=C/c1nccs1)OCCOc1ccc(Br)cc1. The van der Waals surface area contributed by atoms with Gasteiger partial charge in [0.05, 0.1) is 0 Å². The maximum atomic E-state index is 11.4. The molecule has 0 saturated heterocycles. The fraction of sp³-hybridized carbons (Fsp3) is 0.143. The van der Waals surface area contributed by atoms with Gasteiger partial charge in [-0.2, -0.15) is 0 Å². The summed E-state index contributed by atoms with van der Waals surface area (Å²) in [5.74, 6) is 0.335. The van der Waals surface area contributed by atoms with E-state index in [1.54, 1.807) is 12.3 Å². The van der Waals surface area contributed by atoms with Gasteiger partial charge in [0.25, 0.3) is 0 Å². The molecule has 0 aliphatic rings. The minimum Gasteiger partial charge on any atom is -0.490 e. The number of halogens is 1. The highest BCUT2D eigenvalue weighted by atomic mass is 79.9. The Bertz CT molecular complexity index is 567. The summed E-state index contributed by atoms with van der Waals surface area (Å²) >= 11 is 4.80. The van der Waals surface area contributed by atoms with Crippen LogP contribution in [0.1, 0.15) is 5.01 Å². The van der Waals surface area contributed by atoms with E-state index in [1.165, 1.54) is 17.4 Å². The summed E-state index contributed by atoms with van der Waals surface area (Å²) in [5, 5.41) is 2.62. The molecule has 0 bridgehead atoms. The van der Waals surface area contributed by atoms with Crippen molar-refractivity contribution in [1.29, 1.82) is 0 Å². The molecular formula is C14H12BrNO3S. The van der Waals surface area contributed by atoms with Crippen molar-refractivity contribution in [3.63, 3.8) is 0 Å². The minimum absolute atomic E-state index is 0.205. The number of nitrogens with zero attached hydrogens (tertiary/aromatic N) is 1. The maximum Gasteiger partial charge on any atom is 0.330 e. The van der Waals surface area contributed by atoms with E-state index in [0.717, 1.165) is 15.2 Å². The molecule has 104 valence electrons. The van der Waals surface area contributed by atoms with Crippen molar-refractivity contribution >= 4 is 39.3 Å². The molecule has 0 aliphatic heterocycles. The first-order valence-electron chi connectivity index (χ1n) is 5.87. The summed E-state index contributed by atoms with van der Waals surface area (Å²) in [4.78, 5) is 15.4. The Labute approximate surface area is 129 Å². The third kappa shape index (κ3) is 5.14. The standard InChI is InChI=1S/C14H12BrNO3S/c15-11-1-3-12(4-2-11)18-8-9-19-14(17)6-5-13-16-7-10-20-13/h1-7,10H,8-9H2/b6-5+. The molecule has 4 nitrogen and oxygen atoms in total. The molecule has 1 aromatic carbocycles. The Balaban J connectivity index is 1.65. The predicted molar refractivity (Wildman–Crippen MR) is 81.7 cm³/mol. The Hall–Kier alpha value is -1.66. The fourth-order valence-corrected chi connectivity index (χ4v) is 2.13. The monoisotopic (exact) mass is 353 g/mol. The van der Waals surface area contributed by atoms with Crippen LogP contribution in [0.15, 0.2) is 46.4 Å². The third-order valence-electron chi connectivity index (χ3n) is 2.22. The van der Waals surface area contributed by atoms with Crippen molar-refractivity contribution in [2.45, 2.75) is 0 Å². The zero-order chi connectivity index (χ0) is 14.2. The largest absolute Gasteiger partial charge is 0.490 e. The molecule has 0 unspecified atom stereocenters. The minimum atomic E-state index is -0.403. The zero-order valence-corrected chi connectivity index (χ0v) is 12.9. The number of ether oxygens (including phenoxy) is 2. The first-order valence-corrected chi connectivity index (χ1v) is 7.54. The van der Waals surface area contributed by atoms with Gasteiger partial charge < -0.3 is 9.47 Å². The van der Waals surface area contributed by atoms with Gasteiger partial charge >= 0.3 is 5.97 Å². The number of benzene rings is 1. The second kappa shape index (κ2) is 7.81. The highest BCUT2D eigenvalue weighted by Gasteiger charge is 1.99. The van der Waals surface area contributed by atoms with Gasteiger partial charge in [0.2, 0.25) is 0 Å². The third-order valence-corrected chi connectivity index (χ3v) is 3.49. The number of carbonyl (C=O) groups is 1. The first-order chi connectivity index (χ1) is 9.74. The van der Waals surface area contributed by atoms with Gasteiger partial charge in [-0.25, -0.2) is 9.78 Å². The van der Waals surface area contributed by atoms with Gasteiger partial charge in [-0.05, 0) is 30.3 Å². The van der Waals surface area contributed by atoms with E-state index < -0.39 is 5.97 Å². The van der Waals surface area contributed by atoms with Crippen LogP contribution < -0.4 is 4.74 Å². The maximum absolute atomic E-state index is 11.4. The van der Waals surface area contributed by atoms with E-state index in [1.807, 2.05) is 29.6 Å². The molecule has 0 spiro atoms. The quantitative estimate of drug-likeness (QED) is 0.452. The van der Waals surface area contributed by atoms with E-state index in [2.05, 4.69) is 20.9 Å². The molecule has 20 heavy (non-hydrogen) atoms. The van der Waals surface area contributed by atoms with Crippen molar-refractivity contribution in [3.8, 4) is 5.75 Å². The molecule has 0 aliphatic carbocycles. The van der Waals surface area contributed by atoms with Crippen LogP contribution in [0, 0.1) is 0 Å². The van der Waals surface area contributed by atoms with E-state index in [0.29, 0.717) is 6.61 Å². The Kier molecular flexibility index (Phi) is 5.76. The number of rotatable bonds is 6. The van der Waals surface area contributed by atoms with E-state index in [-0.39, 0.29) is 6.61 Å². The fourth-order valence-electron chi connectivity index (χ4n) is 1.34. The highest BCUT2D eigenvalue weighted by molar-refractivity contribution is 9.10. The summed E-state index contributed by atoms with van der Waals surface area (Å²) in [6.45, 7) is 0.523. The van der Waals surface area contributed by atoms with E-state index in [4.69, 9.17) is 9.47 Å². The van der Waals surface area contributed by atoms with Crippen LogP contribution in [-0.2, 0) is 9.53 Å². The van der Waals surface area contributed by atoms with Gasteiger partial charge in [-0.1, -0.05) is 15.9 Å². The van der Waals surface area contributed by atoms with Crippen molar-refractivity contribution in [1.82, 2.24) is 4.98 Å². The molecule has 0 amide bonds. The lowest BCUT2D eigenvalue weighted by atomic mass is 10.3.